The van der Waals surface area contributed by atoms with E-state index in [-0.39, 0.29) is 11.1 Å². The first-order valence-corrected chi connectivity index (χ1v) is 12.4. The second-order valence-corrected chi connectivity index (χ2v) is 12.1. The van der Waals surface area contributed by atoms with Crippen molar-refractivity contribution in [3.05, 3.63) is 100 Å². The number of hydrogen-bond donors (Lipinski definition) is 0. The molecule has 1 aromatic carbocycles. The van der Waals surface area contributed by atoms with Crippen LogP contribution in [0.1, 0.15) is 25.0 Å². The molecule has 180 valence electrons. The van der Waals surface area contributed by atoms with Crippen molar-refractivity contribution in [2.45, 2.75) is 41.1 Å². The molecular weight excluding hydrogens is 504 g/mol. The van der Waals surface area contributed by atoms with Crippen molar-refractivity contribution < 1.29 is 26.3 Å². The van der Waals surface area contributed by atoms with E-state index < -0.39 is 38.4 Å². The van der Waals surface area contributed by atoms with E-state index in [2.05, 4.69) is 4.98 Å². The number of thioether (sulfide) groups is 2. The quantitative estimate of drug-likeness (QED) is 0.372. The molecule has 2 aliphatic carbocycles. The Balaban J connectivity index is 1.68. The number of nitrogens with zero attached hydrogens (tertiary/aromatic N) is 1. The number of halogens is 6. The zero-order valence-electron chi connectivity index (χ0n) is 18.4. The molecule has 0 spiro atoms. The van der Waals surface area contributed by atoms with Gasteiger partial charge in [0.05, 0.1) is 9.49 Å². The maximum Gasteiger partial charge on any atom is 0.380 e. The van der Waals surface area contributed by atoms with Gasteiger partial charge < -0.3 is 0 Å². The smallest absolute Gasteiger partial charge is 0.265 e. The van der Waals surface area contributed by atoms with Crippen molar-refractivity contribution in [3.63, 3.8) is 0 Å². The van der Waals surface area contributed by atoms with E-state index in [9.17, 15) is 8.78 Å². The number of benzene rings is 1. The fraction of sp³-hybridized carbons (Fsp3) is 0.269. The fourth-order valence-electron chi connectivity index (χ4n) is 5.31. The predicted octanol–water partition coefficient (Wildman–Crippen LogP) is 8.00. The van der Waals surface area contributed by atoms with Crippen LogP contribution >= 0.6 is 23.5 Å². The van der Waals surface area contributed by atoms with Crippen LogP contribution in [0, 0.1) is 0 Å². The molecule has 4 aliphatic rings. The third-order valence-electron chi connectivity index (χ3n) is 7.35. The Hall–Kier alpha value is -2.39. The zero-order chi connectivity index (χ0) is 25.0. The molecule has 2 aromatic rings. The van der Waals surface area contributed by atoms with Gasteiger partial charge in [0, 0.05) is 33.4 Å². The second kappa shape index (κ2) is 6.88. The first kappa shape index (κ1) is 23.0. The van der Waals surface area contributed by atoms with E-state index in [0.717, 1.165) is 0 Å². The summed E-state index contributed by atoms with van der Waals surface area (Å²) in [5.41, 5.74) is -1.47. The van der Waals surface area contributed by atoms with Crippen LogP contribution in [0.2, 0.25) is 0 Å². The molecule has 2 aliphatic heterocycles. The van der Waals surface area contributed by atoms with Gasteiger partial charge in [-0.25, -0.2) is 0 Å². The second-order valence-electron chi connectivity index (χ2n) is 9.19. The van der Waals surface area contributed by atoms with Crippen molar-refractivity contribution in [2.75, 3.05) is 0 Å². The van der Waals surface area contributed by atoms with Crippen LogP contribution in [0.5, 0.6) is 0 Å². The molecule has 0 N–H and O–H groups in total. The summed E-state index contributed by atoms with van der Waals surface area (Å²) in [7, 11) is 0. The molecule has 3 heterocycles. The van der Waals surface area contributed by atoms with Gasteiger partial charge in [-0.15, -0.1) is 23.5 Å². The fourth-order valence-corrected chi connectivity index (χ4v) is 8.45. The summed E-state index contributed by atoms with van der Waals surface area (Å²) in [5.74, 6) is -15.6. The van der Waals surface area contributed by atoms with Crippen LogP contribution in [-0.4, -0.2) is 32.2 Å². The highest BCUT2D eigenvalue weighted by Gasteiger charge is 2.84. The number of rotatable bonds is 2. The Morgan fingerprint density at radius 1 is 0.629 bits per heavy atom. The molecule has 0 bridgehead atoms. The van der Waals surface area contributed by atoms with E-state index in [0.29, 0.717) is 20.9 Å². The minimum Gasteiger partial charge on any atom is -0.265 e. The third kappa shape index (κ3) is 2.63. The van der Waals surface area contributed by atoms with Gasteiger partial charge in [0.15, 0.2) is 0 Å². The third-order valence-corrected chi connectivity index (χ3v) is 10.7. The average Bonchev–Trinajstić information content (AvgIpc) is 3.40. The van der Waals surface area contributed by atoms with E-state index in [4.69, 9.17) is 0 Å². The number of pyridine rings is 1. The van der Waals surface area contributed by atoms with E-state index in [1.165, 1.54) is 48.1 Å². The summed E-state index contributed by atoms with van der Waals surface area (Å²) in [4.78, 5) is 5.08. The standard InChI is InChI=1S/C26H17F6NS2/c1-22-16(12-18(34-22)14-6-4-3-5-7-14)20-21(25(29,30)26(31,32)24(20,27)28)17-13-19(35-23(17,22)2)15-8-10-33-11-9-15/h3-13H,1-2H3/t22-,23-/m1/s1. The lowest BCUT2D eigenvalue weighted by Gasteiger charge is -2.47. The summed E-state index contributed by atoms with van der Waals surface area (Å²) in [6, 6.07) is 12.2. The van der Waals surface area contributed by atoms with Gasteiger partial charge in [0.1, 0.15) is 0 Å². The molecule has 0 radical (unpaired) electrons. The first-order chi connectivity index (χ1) is 16.4. The lowest BCUT2D eigenvalue weighted by atomic mass is 9.71. The van der Waals surface area contributed by atoms with Gasteiger partial charge in [-0.05, 0) is 60.4 Å². The maximum absolute atomic E-state index is 15.3. The normalized spacial score (nSPS) is 31.7. The summed E-state index contributed by atoms with van der Waals surface area (Å²) in [6.45, 7) is 3.37. The van der Waals surface area contributed by atoms with Gasteiger partial charge in [-0.1, -0.05) is 30.3 Å². The number of hydrogen-bond acceptors (Lipinski definition) is 3. The van der Waals surface area contributed by atoms with Crippen LogP contribution in [0.15, 0.2) is 89.3 Å². The van der Waals surface area contributed by atoms with Crippen molar-refractivity contribution in [1.29, 1.82) is 0 Å². The minimum atomic E-state index is -5.55. The van der Waals surface area contributed by atoms with E-state index in [1.807, 2.05) is 0 Å². The topological polar surface area (TPSA) is 12.9 Å². The number of alkyl halides is 6. The predicted molar refractivity (Wildman–Crippen MR) is 128 cm³/mol. The zero-order valence-corrected chi connectivity index (χ0v) is 20.0. The monoisotopic (exact) mass is 521 g/mol. The van der Waals surface area contributed by atoms with E-state index in [1.54, 1.807) is 56.3 Å². The van der Waals surface area contributed by atoms with Crippen LogP contribution in [-0.2, 0) is 0 Å². The molecule has 0 saturated heterocycles. The van der Waals surface area contributed by atoms with E-state index >= 15 is 17.6 Å². The minimum absolute atomic E-state index is 0.165. The molecule has 1 nitrogen and oxygen atoms in total. The Bertz CT molecular complexity index is 1290. The highest BCUT2D eigenvalue weighted by Crippen LogP contribution is 2.75. The van der Waals surface area contributed by atoms with Crippen molar-refractivity contribution in [3.8, 4) is 0 Å². The summed E-state index contributed by atoms with van der Waals surface area (Å²) < 4.78 is 88.3. The highest BCUT2D eigenvalue weighted by molar-refractivity contribution is 8.14. The molecule has 6 rings (SSSR count). The average molecular weight is 522 g/mol. The summed E-state index contributed by atoms with van der Waals surface area (Å²) in [5, 5.41) is 0. The molecule has 9 heteroatoms. The van der Waals surface area contributed by atoms with Gasteiger partial charge in [0.25, 0.3) is 0 Å². The van der Waals surface area contributed by atoms with Crippen molar-refractivity contribution >= 4 is 33.3 Å². The summed E-state index contributed by atoms with van der Waals surface area (Å²) >= 11 is 2.49. The van der Waals surface area contributed by atoms with Gasteiger partial charge in [0.2, 0.25) is 0 Å². The first-order valence-electron chi connectivity index (χ1n) is 10.8. The Kier molecular flexibility index (Phi) is 4.53. The molecule has 1 fully saturated rings. The molecule has 35 heavy (non-hydrogen) atoms. The molecular formula is C26H17F6NS2. The van der Waals surface area contributed by atoms with Crippen LogP contribution in [0.4, 0.5) is 26.3 Å². The lowest BCUT2D eigenvalue weighted by molar-refractivity contribution is -0.258. The summed E-state index contributed by atoms with van der Waals surface area (Å²) in [6.07, 6.45) is 5.83. The van der Waals surface area contributed by atoms with Crippen molar-refractivity contribution in [1.82, 2.24) is 4.98 Å². The Morgan fingerprint density at radius 2 is 1.06 bits per heavy atom. The van der Waals surface area contributed by atoms with Gasteiger partial charge in [-0.3, -0.25) is 4.98 Å². The molecule has 1 aromatic heterocycles. The van der Waals surface area contributed by atoms with Gasteiger partial charge in [-0.2, -0.15) is 26.3 Å². The van der Waals surface area contributed by atoms with Crippen LogP contribution < -0.4 is 0 Å². The molecule has 1 saturated carbocycles. The Labute approximate surface area is 206 Å². The molecule has 0 amide bonds. The number of aromatic nitrogens is 1. The lowest BCUT2D eigenvalue weighted by Crippen LogP contribution is -2.48. The number of fused-ring (bicyclic) bond motifs is 4. The molecule has 2 atom stereocenters. The van der Waals surface area contributed by atoms with Crippen LogP contribution in [0.3, 0.4) is 0 Å². The van der Waals surface area contributed by atoms with Crippen LogP contribution in [0.25, 0.3) is 9.81 Å². The van der Waals surface area contributed by atoms with Gasteiger partial charge >= 0.3 is 17.8 Å². The number of allylic oxidation sites excluding steroid dienone is 4. The molecule has 0 unspecified atom stereocenters. The SMILES string of the molecule is C[C@@]12SC(c3ccccc3)=CC1=C1C(=C3C=C(c4ccncc4)S[C@]32C)C(F)(F)C(F)(F)C1(F)F. The highest BCUT2D eigenvalue weighted by atomic mass is 32.2. The maximum atomic E-state index is 15.3. The Morgan fingerprint density at radius 3 is 1.51 bits per heavy atom. The largest absolute Gasteiger partial charge is 0.380 e. The van der Waals surface area contributed by atoms with Crippen molar-refractivity contribution in [2.24, 2.45) is 0 Å².